The van der Waals surface area contributed by atoms with Crippen LogP contribution in [0, 0.1) is 5.92 Å². The summed E-state index contributed by atoms with van der Waals surface area (Å²) in [6.45, 7) is 5.12. The summed E-state index contributed by atoms with van der Waals surface area (Å²) in [5.41, 5.74) is 0.742. The highest BCUT2D eigenvalue weighted by Gasteiger charge is 2.18. The normalized spacial score (nSPS) is 11.3. The Balaban J connectivity index is 2.59. The topological polar surface area (TPSA) is 30.7 Å². The van der Waals surface area contributed by atoms with Crippen LogP contribution in [0.15, 0.2) is 18.2 Å². The Morgan fingerprint density at radius 3 is 2.37 bits per heavy atom. The molecule has 0 N–H and O–H groups in total. The van der Waals surface area contributed by atoms with Crippen LogP contribution in [0.1, 0.15) is 19.7 Å². The third kappa shape index (κ3) is 3.12. The molecule has 3 nitrogen and oxygen atoms in total. The molecule has 0 aliphatic rings. The van der Waals surface area contributed by atoms with Crippen LogP contribution in [0.4, 0.5) is 0 Å². The number of hydrogen-bond donors (Lipinski definition) is 0. The summed E-state index contributed by atoms with van der Waals surface area (Å²) in [6, 6.07) is 5.44. The molecule has 102 valence electrons. The summed E-state index contributed by atoms with van der Waals surface area (Å²) < 4.78 is 2.06. The second-order valence-electron chi connectivity index (χ2n) is 4.67. The van der Waals surface area contributed by atoms with E-state index < -0.39 is 0 Å². The highest BCUT2D eigenvalue weighted by atomic mass is 79.9. The Bertz CT molecular complexity index is 561. The van der Waals surface area contributed by atoms with Crippen molar-refractivity contribution < 1.29 is 0 Å². The number of hydrogen-bond acceptors (Lipinski definition) is 2. The number of alkyl halides is 1. The minimum absolute atomic E-state index is 0.480. The molecule has 0 bridgehead atoms. The van der Waals surface area contributed by atoms with Crippen molar-refractivity contribution >= 4 is 39.1 Å². The fourth-order valence-electron chi connectivity index (χ4n) is 1.89. The molecule has 1 aromatic carbocycles. The summed E-state index contributed by atoms with van der Waals surface area (Å²) in [4.78, 5) is 0. The van der Waals surface area contributed by atoms with E-state index in [4.69, 9.17) is 23.2 Å². The van der Waals surface area contributed by atoms with E-state index in [1.165, 1.54) is 0 Å². The number of benzene rings is 1. The monoisotopic (exact) mass is 361 g/mol. The molecule has 0 radical (unpaired) electrons. The second-order valence-corrected chi connectivity index (χ2v) is 6.05. The lowest BCUT2D eigenvalue weighted by molar-refractivity contribution is 0.516. The average Bonchev–Trinajstić information content (AvgIpc) is 2.71. The van der Waals surface area contributed by atoms with Crippen molar-refractivity contribution in [3.05, 3.63) is 34.1 Å². The standard InChI is InChI=1S/C13H14BrCl2N3/c1-8(2)7-19-11(6-14)17-18-13(19)12-9(15)4-3-5-10(12)16/h3-5,8H,6-7H2,1-2H3. The first-order chi connectivity index (χ1) is 9.04. The van der Waals surface area contributed by atoms with E-state index in [0.29, 0.717) is 21.3 Å². The maximum absolute atomic E-state index is 6.25. The van der Waals surface area contributed by atoms with Gasteiger partial charge in [-0.2, -0.15) is 0 Å². The molecule has 1 heterocycles. The fourth-order valence-corrected chi connectivity index (χ4v) is 2.87. The Morgan fingerprint density at radius 1 is 1.21 bits per heavy atom. The SMILES string of the molecule is CC(C)Cn1c(CBr)nnc1-c1c(Cl)cccc1Cl. The van der Waals surface area contributed by atoms with Crippen molar-refractivity contribution in [2.24, 2.45) is 5.92 Å². The molecule has 0 unspecified atom stereocenters. The maximum atomic E-state index is 6.25. The van der Waals surface area contributed by atoms with Crippen molar-refractivity contribution in [3.8, 4) is 11.4 Å². The molecule has 0 atom stereocenters. The van der Waals surface area contributed by atoms with Crippen LogP contribution in [-0.4, -0.2) is 14.8 Å². The van der Waals surface area contributed by atoms with Crippen LogP contribution >= 0.6 is 39.1 Å². The van der Waals surface area contributed by atoms with Crippen LogP contribution < -0.4 is 0 Å². The van der Waals surface area contributed by atoms with Crippen LogP contribution in [0.25, 0.3) is 11.4 Å². The lowest BCUT2D eigenvalue weighted by Gasteiger charge is -2.13. The van der Waals surface area contributed by atoms with Gasteiger partial charge in [-0.3, -0.25) is 0 Å². The van der Waals surface area contributed by atoms with Gasteiger partial charge in [0.1, 0.15) is 5.82 Å². The fraction of sp³-hybridized carbons (Fsp3) is 0.385. The molecule has 0 spiro atoms. The molecule has 0 saturated carbocycles. The van der Waals surface area contributed by atoms with Gasteiger partial charge in [0.25, 0.3) is 0 Å². The molecule has 19 heavy (non-hydrogen) atoms. The third-order valence-electron chi connectivity index (χ3n) is 2.68. The summed E-state index contributed by atoms with van der Waals surface area (Å²) >= 11 is 15.9. The second kappa shape index (κ2) is 6.25. The van der Waals surface area contributed by atoms with Gasteiger partial charge in [-0.1, -0.05) is 59.0 Å². The lowest BCUT2D eigenvalue weighted by Crippen LogP contribution is -2.09. The number of nitrogens with zero attached hydrogens (tertiary/aromatic N) is 3. The molecule has 2 rings (SSSR count). The van der Waals surface area contributed by atoms with E-state index in [9.17, 15) is 0 Å². The van der Waals surface area contributed by atoms with Crippen molar-refractivity contribution in [1.82, 2.24) is 14.8 Å². The summed E-state index contributed by atoms with van der Waals surface area (Å²) in [7, 11) is 0. The van der Waals surface area contributed by atoms with Crippen molar-refractivity contribution in [3.63, 3.8) is 0 Å². The Kier molecular flexibility index (Phi) is 4.87. The number of halogens is 3. The van der Waals surface area contributed by atoms with Crippen LogP contribution in [-0.2, 0) is 11.9 Å². The summed E-state index contributed by atoms with van der Waals surface area (Å²) in [5.74, 6) is 2.08. The average molecular weight is 363 g/mol. The largest absolute Gasteiger partial charge is 0.310 e. The Hall–Kier alpha value is -0.580. The summed E-state index contributed by atoms with van der Waals surface area (Å²) in [5, 5.41) is 10.3. The quantitative estimate of drug-likeness (QED) is 0.731. The highest BCUT2D eigenvalue weighted by molar-refractivity contribution is 9.08. The van der Waals surface area contributed by atoms with Gasteiger partial charge < -0.3 is 4.57 Å². The van der Waals surface area contributed by atoms with Crippen LogP contribution in [0.2, 0.25) is 10.0 Å². The number of aromatic nitrogens is 3. The van der Waals surface area contributed by atoms with Crippen molar-refractivity contribution in [1.29, 1.82) is 0 Å². The molecule has 0 amide bonds. The first kappa shape index (κ1) is 14.8. The molecule has 2 aromatic rings. The Morgan fingerprint density at radius 2 is 1.84 bits per heavy atom. The van der Waals surface area contributed by atoms with Crippen molar-refractivity contribution in [2.45, 2.75) is 25.7 Å². The maximum Gasteiger partial charge on any atom is 0.167 e. The van der Waals surface area contributed by atoms with Gasteiger partial charge in [0.2, 0.25) is 0 Å². The predicted octanol–water partition coefficient (Wildman–Crippen LogP) is 4.80. The molecule has 0 aliphatic carbocycles. The Labute approximate surface area is 131 Å². The zero-order valence-electron chi connectivity index (χ0n) is 10.7. The lowest BCUT2D eigenvalue weighted by atomic mass is 10.2. The summed E-state index contributed by atoms with van der Waals surface area (Å²) in [6.07, 6.45) is 0. The minimum atomic E-state index is 0.480. The molecule has 0 fully saturated rings. The van der Waals surface area contributed by atoms with E-state index >= 15 is 0 Å². The third-order valence-corrected chi connectivity index (χ3v) is 3.81. The van der Waals surface area contributed by atoms with Gasteiger partial charge >= 0.3 is 0 Å². The molecular formula is C13H14BrCl2N3. The van der Waals surface area contributed by atoms with Gasteiger partial charge in [0.15, 0.2) is 5.82 Å². The van der Waals surface area contributed by atoms with E-state index in [-0.39, 0.29) is 0 Å². The molecule has 0 aliphatic heterocycles. The zero-order valence-corrected chi connectivity index (χ0v) is 13.8. The van der Waals surface area contributed by atoms with Crippen molar-refractivity contribution in [2.75, 3.05) is 0 Å². The van der Waals surface area contributed by atoms with E-state index in [0.717, 1.165) is 23.8 Å². The number of rotatable bonds is 4. The van der Waals surface area contributed by atoms with E-state index in [1.807, 2.05) is 18.2 Å². The van der Waals surface area contributed by atoms with Gasteiger partial charge in [0, 0.05) is 6.54 Å². The first-order valence-corrected chi connectivity index (χ1v) is 7.84. The van der Waals surface area contributed by atoms with Gasteiger partial charge in [-0.25, -0.2) is 0 Å². The predicted molar refractivity (Wildman–Crippen MR) is 82.9 cm³/mol. The highest BCUT2D eigenvalue weighted by Crippen LogP contribution is 2.34. The van der Waals surface area contributed by atoms with Gasteiger partial charge in [-0.05, 0) is 18.1 Å². The van der Waals surface area contributed by atoms with Crippen LogP contribution in [0.3, 0.4) is 0 Å². The zero-order chi connectivity index (χ0) is 14.0. The molecule has 6 heteroatoms. The van der Waals surface area contributed by atoms with E-state index in [1.54, 1.807) is 0 Å². The molecule has 0 saturated heterocycles. The van der Waals surface area contributed by atoms with Crippen LogP contribution in [0.5, 0.6) is 0 Å². The van der Waals surface area contributed by atoms with E-state index in [2.05, 4.69) is 44.5 Å². The molecule has 1 aromatic heterocycles. The minimum Gasteiger partial charge on any atom is -0.310 e. The van der Waals surface area contributed by atoms with Gasteiger partial charge in [-0.15, -0.1) is 10.2 Å². The first-order valence-electron chi connectivity index (χ1n) is 5.97. The molecular weight excluding hydrogens is 349 g/mol. The smallest absolute Gasteiger partial charge is 0.167 e. The van der Waals surface area contributed by atoms with Gasteiger partial charge in [0.05, 0.1) is 20.9 Å².